The summed E-state index contributed by atoms with van der Waals surface area (Å²) in [6.45, 7) is 6.09. The Balaban J connectivity index is 2.65. The van der Waals surface area contributed by atoms with Crippen LogP contribution in [-0.4, -0.2) is 5.91 Å². The van der Waals surface area contributed by atoms with E-state index >= 15 is 0 Å². The van der Waals surface area contributed by atoms with Crippen molar-refractivity contribution in [1.29, 1.82) is 5.26 Å². The predicted octanol–water partition coefficient (Wildman–Crippen LogP) is 3.18. The van der Waals surface area contributed by atoms with Gasteiger partial charge in [0, 0.05) is 11.6 Å². The van der Waals surface area contributed by atoms with E-state index < -0.39 is 0 Å². The maximum absolute atomic E-state index is 11.9. The summed E-state index contributed by atoms with van der Waals surface area (Å²) in [5.74, 6) is 0.396. The van der Waals surface area contributed by atoms with Gasteiger partial charge in [0.25, 0.3) is 0 Å². The summed E-state index contributed by atoms with van der Waals surface area (Å²) in [6.07, 6.45) is 0.988. The van der Waals surface area contributed by atoms with Crippen LogP contribution in [0.4, 0.5) is 5.69 Å². The number of carbonyl (C=O) groups excluding carboxylic acids is 1. The fraction of sp³-hybridized carbons (Fsp3) is 0.429. The molecular weight excluding hydrogens is 212 g/mol. The average Bonchev–Trinajstić information content (AvgIpc) is 2.37. The predicted molar refractivity (Wildman–Crippen MR) is 68.4 cm³/mol. The molecule has 1 rings (SSSR count). The van der Waals surface area contributed by atoms with E-state index in [1.807, 2.05) is 13.0 Å². The lowest BCUT2D eigenvalue weighted by Crippen LogP contribution is -2.25. The largest absolute Gasteiger partial charge is 0.326 e. The van der Waals surface area contributed by atoms with Crippen LogP contribution in [0.3, 0.4) is 0 Å². The molecule has 1 aromatic rings. The van der Waals surface area contributed by atoms with Gasteiger partial charge < -0.3 is 5.32 Å². The minimum Gasteiger partial charge on any atom is -0.326 e. The quantitative estimate of drug-likeness (QED) is 0.863. The number of nitrogens with one attached hydrogen (secondary N) is 1. The van der Waals surface area contributed by atoms with Crippen LogP contribution in [0.2, 0.25) is 0 Å². The van der Waals surface area contributed by atoms with Gasteiger partial charge in [-0.3, -0.25) is 4.79 Å². The number of amides is 1. The highest BCUT2D eigenvalue weighted by molar-refractivity contribution is 5.92. The molecular formula is C14H18N2O. The van der Waals surface area contributed by atoms with Gasteiger partial charge in [0.1, 0.15) is 0 Å². The van der Waals surface area contributed by atoms with Crippen LogP contribution in [0, 0.1) is 23.2 Å². The second kappa shape index (κ2) is 6.05. The molecule has 17 heavy (non-hydrogen) atoms. The number of nitriles is 1. The molecule has 3 heteroatoms. The molecule has 1 aromatic carbocycles. The van der Waals surface area contributed by atoms with Gasteiger partial charge in [-0.15, -0.1) is 0 Å². The highest BCUT2D eigenvalue weighted by Crippen LogP contribution is 2.17. The molecule has 2 atom stereocenters. The van der Waals surface area contributed by atoms with Gasteiger partial charge in [-0.1, -0.05) is 27.2 Å². The van der Waals surface area contributed by atoms with Crippen LogP contribution < -0.4 is 5.32 Å². The Labute approximate surface area is 102 Å². The number of carbonyl (C=O) groups is 1. The van der Waals surface area contributed by atoms with Gasteiger partial charge in [0.15, 0.2) is 0 Å². The Kier molecular flexibility index (Phi) is 4.71. The average molecular weight is 230 g/mol. The first-order chi connectivity index (χ1) is 8.08. The van der Waals surface area contributed by atoms with Crippen molar-refractivity contribution in [1.82, 2.24) is 0 Å². The van der Waals surface area contributed by atoms with E-state index in [0.717, 1.165) is 12.1 Å². The van der Waals surface area contributed by atoms with E-state index in [0.29, 0.717) is 11.5 Å². The summed E-state index contributed by atoms with van der Waals surface area (Å²) in [7, 11) is 0. The molecule has 0 heterocycles. The van der Waals surface area contributed by atoms with E-state index in [-0.39, 0.29) is 11.8 Å². The molecule has 0 radical (unpaired) electrons. The molecule has 0 aliphatic carbocycles. The third-order valence-corrected chi connectivity index (χ3v) is 3.19. The maximum Gasteiger partial charge on any atom is 0.227 e. The summed E-state index contributed by atoms with van der Waals surface area (Å²) >= 11 is 0. The summed E-state index contributed by atoms with van der Waals surface area (Å²) in [5.41, 5.74) is 1.34. The van der Waals surface area contributed by atoms with Gasteiger partial charge in [-0.2, -0.15) is 5.26 Å². The maximum atomic E-state index is 11.9. The van der Waals surface area contributed by atoms with E-state index in [2.05, 4.69) is 19.2 Å². The first kappa shape index (κ1) is 13.2. The number of nitrogens with zero attached hydrogens (tertiary/aromatic N) is 1. The number of benzene rings is 1. The first-order valence-electron chi connectivity index (χ1n) is 5.89. The Morgan fingerprint density at radius 1 is 1.35 bits per heavy atom. The SMILES string of the molecule is CCC(C)C(C)C(=O)Nc1ccc(C#N)cc1. The first-order valence-corrected chi connectivity index (χ1v) is 5.89. The van der Waals surface area contributed by atoms with Crippen molar-refractivity contribution < 1.29 is 4.79 Å². The number of hydrogen-bond acceptors (Lipinski definition) is 2. The second-order valence-electron chi connectivity index (χ2n) is 4.35. The molecule has 0 bridgehead atoms. The topological polar surface area (TPSA) is 52.9 Å². The van der Waals surface area contributed by atoms with Gasteiger partial charge in [0.05, 0.1) is 11.6 Å². The van der Waals surface area contributed by atoms with E-state index in [1.54, 1.807) is 24.3 Å². The minimum atomic E-state index is -0.00403. The molecule has 2 unspecified atom stereocenters. The van der Waals surface area contributed by atoms with E-state index in [9.17, 15) is 4.79 Å². The number of hydrogen-bond donors (Lipinski definition) is 1. The zero-order valence-corrected chi connectivity index (χ0v) is 10.5. The summed E-state index contributed by atoms with van der Waals surface area (Å²) < 4.78 is 0. The van der Waals surface area contributed by atoms with E-state index in [4.69, 9.17) is 5.26 Å². The molecule has 0 fully saturated rings. The van der Waals surface area contributed by atoms with Crippen LogP contribution in [0.25, 0.3) is 0 Å². The van der Waals surface area contributed by atoms with Crippen LogP contribution in [0.15, 0.2) is 24.3 Å². The zero-order chi connectivity index (χ0) is 12.8. The second-order valence-corrected chi connectivity index (χ2v) is 4.35. The third-order valence-electron chi connectivity index (χ3n) is 3.19. The molecule has 0 aromatic heterocycles. The van der Waals surface area contributed by atoms with Crippen molar-refractivity contribution in [2.24, 2.45) is 11.8 Å². The van der Waals surface area contributed by atoms with Crippen molar-refractivity contribution >= 4 is 11.6 Å². The van der Waals surface area contributed by atoms with Gasteiger partial charge in [-0.25, -0.2) is 0 Å². The molecule has 1 amide bonds. The van der Waals surface area contributed by atoms with Crippen molar-refractivity contribution in [2.45, 2.75) is 27.2 Å². The lowest BCUT2D eigenvalue weighted by atomic mass is 9.93. The fourth-order valence-corrected chi connectivity index (χ4v) is 1.50. The van der Waals surface area contributed by atoms with Crippen LogP contribution in [-0.2, 0) is 4.79 Å². The van der Waals surface area contributed by atoms with Gasteiger partial charge in [0.2, 0.25) is 5.91 Å². The molecule has 3 nitrogen and oxygen atoms in total. The van der Waals surface area contributed by atoms with Crippen molar-refractivity contribution in [3.63, 3.8) is 0 Å². The van der Waals surface area contributed by atoms with Crippen LogP contribution in [0.5, 0.6) is 0 Å². The lowest BCUT2D eigenvalue weighted by molar-refractivity contribution is -0.120. The van der Waals surface area contributed by atoms with Gasteiger partial charge >= 0.3 is 0 Å². The fourth-order valence-electron chi connectivity index (χ4n) is 1.50. The number of rotatable bonds is 4. The summed E-state index contributed by atoms with van der Waals surface area (Å²) in [6, 6.07) is 8.94. The van der Waals surface area contributed by atoms with Crippen LogP contribution in [0.1, 0.15) is 32.8 Å². The van der Waals surface area contributed by atoms with Crippen molar-refractivity contribution in [3.8, 4) is 6.07 Å². The minimum absolute atomic E-state index is 0.00403. The summed E-state index contributed by atoms with van der Waals surface area (Å²) in [5, 5.41) is 11.5. The molecule has 0 aliphatic rings. The molecule has 0 saturated heterocycles. The molecule has 1 N–H and O–H groups in total. The van der Waals surface area contributed by atoms with Gasteiger partial charge in [-0.05, 0) is 30.2 Å². The zero-order valence-electron chi connectivity index (χ0n) is 10.5. The molecule has 0 spiro atoms. The highest BCUT2D eigenvalue weighted by atomic mass is 16.1. The Morgan fingerprint density at radius 3 is 2.41 bits per heavy atom. The van der Waals surface area contributed by atoms with Crippen molar-refractivity contribution in [2.75, 3.05) is 5.32 Å². The smallest absolute Gasteiger partial charge is 0.227 e. The molecule has 0 aliphatic heterocycles. The standard InChI is InChI=1S/C14H18N2O/c1-4-10(2)11(3)14(17)16-13-7-5-12(9-15)6-8-13/h5-8,10-11H,4H2,1-3H3,(H,16,17). The highest BCUT2D eigenvalue weighted by Gasteiger charge is 2.18. The monoisotopic (exact) mass is 230 g/mol. The summed E-state index contributed by atoms with van der Waals surface area (Å²) in [4.78, 5) is 11.9. The molecule has 90 valence electrons. The van der Waals surface area contributed by atoms with Crippen molar-refractivity contribution in [3.05, 3.63) is 29.8 Å². The Bertz CT molecular complexity index is 417. The molecule has 0 saturated carbocycles. The Hall–Kier alpha value is -1.82. The normalized spacial score (nSPS) is 13.5. The Morgan fingerprint density at radius 2 is 1.94 bits per heavy atom. The third kappa shape index (κ3) is 3.60. The van der Waals surface area contributed by atoms with E-state index in [1.165, 1.54) is 0 Å². The number of anilines is 1. The van der Waals surface area contributed by atoms with Crippen LogP contribution >= 0.6 is 0 Å². The lowest BCUT2D eigenvalue weighted by Gasteiger charge is -2.17.